The van der Waals surface area contributed by atoms with Gasteiger partial charge in [0.15, 0.2) is 0 Å². The van der Waals surface area contributed by atoms with E-state index in [1.807, 2.05) is 0 Å². The zero-order valence-corrected chi connectivity index (χ0v) is 10.3. The second kappa shape index (κ2) is 6.54. The minimum Gasteiger partial charge on any atom is -0.352 e. The Morgan fingerprint density at radius 1 is 1.39 bits per heavy atom. The summed E-state index contributed by atoms with van der Waals surface area (Å²) in [6, 6.07) is 6.45. The first-order valence-electron chi connectivity index (χ1n) is 5.67. The van der Waals surface area contributed by atoms with Gasteiger partial charge in [-0.1, -0.05) is 18.7 Å². The third-order valence-corrected chi connectivity index (χ3v) is 2.46. The average molecular weight is 248 g/mol. The van der Waals surface area contributed by atoms with Crippen LogP contribution in [0.15, 0.2) is 36.4 Å². The van der Waals surface area contributed by atoms with Crippen molar-refractivity contribution in [2.75, 3.05) is 6.54 Å². The first kappa shape index (κ1) is 13.9. The maximum absolute atomic E-state index is 11.2. The molecule has 18 heavy (non-hydrogen) atoms. The predicted molar refractivity (Wildman–Crippen MR) is 69.2 cm³/mol. The third kappa shape index (κ3) is 4.37. The van der Waals surface area contributed by atoms with Crippen molar-refractivity contribution in [3.8, 4) is 0 Å². The summed E-state index contributed by atoms with van der Waals surface area (Å²) >= 11 is 0. The number of amides is 1. The van der Waals surface area contributed by atoms with Crippen molar-refractivity contribution in [3.05, 3.63) is 52.1 Å². The van der Waals surface area contributed by atoms with Crippen molar-refractivity contribution >= 4 is 11.6 Å². The van der Waals surface area contributed by atoms with Gasteiger partial charge in [0.25, 0.3) is 5.69 Å². The Morgan fingerprint density at radius 3 is 2.50 bits per heavy atom. The molecule has 0 radical (unpaired) electrons. The molecule has 1 amide bonds. The zero-order valence-electron chi connectivity index (χ0n) is 10.3. The lowest BCUT2D eigenvalue weighted by Crippen LogP contribution is -2.24. The molecule has 0 bridgehead atoms. The zero-order chi connectivity index (χ0) is 13.5. The highest BCUT2D eigenvalue weighted by atomic mass is 16.6. The molecule has 0 fully saturated rings. The molecule has 0 aliphatic rings. The lowest BCUT2D eigenvalue weighted by molar-refractivity contribution is -0.384. The highest BCUT2D eigenvalue weighted by Crippen LogP contribution is 2.12. The molecule has 0 saturated carbocycles. The topological polar surface area (TPSA) is 72.2 Å². The van der Waals surface area contributed by atoms with E-state index in [4.69, 9.17) is 0 Å². The van der Waals surface area contributed by atoms with Crippen molar-refractivity contribution < 1.29 is 9.72 Å². The third-order valence-electron chi connectivity index (χ3n) is 2.46. The molecule has 1 rings (SSSR count). The lowest BCUT2D eigenvalue weighted by atomic mass is 10.1. The van der Waals surface area contributed by atoms with Gasteiger partial charge in [0.1, 0.15) is 0 Å². The van der Waals surface area contributed by atoms with Crippen LogP contribution in [0.3, 0.4) is 0 Å². The van der Waals surface area contributed by atoms with Gasteiger partial charge in [-0.2, -0.15) is 0 Å². The van der Waals surface area contributed by atoms with E-state index in [9.17, 15) is 14.9 Å². The van der Waals surface area contributed by atoms with Crippen LogP contribution in [-0.2, 0) is 11.2 Å². The largest absolute Gasteiger partial charge is 0.352 e. The molecule has 0 spiro atoms. The van der Waals surface area contributed by atoms with Crippen molar-refractivity contribution in [2.45, 2.75) is 19.8 Å². The molecule has 96 valence electrons. The summed E-state index contributed by atoms with van der Waals surface area (Å²) in [7, 11) is 0. The minimum absolute atomic E-state index is 0.0920. The van der Waals surface area contributed by atoms with Gasteiger partial charge < -0.3 is 5.32 Å². The molecular formula is C13H16N2O3. The number of rotatable bonds is 6. The molecular weight excluding hydrogens is 232 g/mol. The van der Waals surface area contributed by atoms with Gasteiger partial charge in [-0.05, 0) is 25.3 Å². The second-order valence-electron chi connectivity index (χ2n) is 4.06. The molecule has 5 nitrogen and oxygen atoms in total. The summed E-state index contributed by atoms with van der Waals surface area (Å²) in [5, 5.41) is 13.2. The molecule has 1 aromatic rings. The normalized spacial score (nSPS) is 9.83. The van der Waals surface area contributed by atoms with Gasteiger partial charge in [-0.15, -0.1) is 0 Å². The van der Waals surface area contributed by atoms with Gasteiger partial charge in [0.05, 0.1) is 4.92 Å². The van der Waals surface area contributed by atoms with E-state index in [1.165, 1.54) is 12.1 Å². The fourth-order valence-corrected chi connectivity index (χ4v) is 1.43. The number of nitrogens with zero attached hydrogens (tertiary/aromatic N) is 1. The fraction of sp³-hybridized carbons (Fsp3) is 0.308. The molecule has 0 heterocycles. The SMILES string of the molecule is C=C(C)C(=O)NCCCc1ccc([N+](=O)[O-])cc1. The molecule has 0 aliphatic heterocycles. The second-order valence-corrected chi connectivity index (χ2v) is 4.06. The van der Waals surface area contributed by atoms with Gasteiger partial charge in [-0.3, -0.25) is 14.9 Å². The van der Waals surface area contributed by atoms with Crippen LogP contribution in [0.4, 0.5) is 5.69 Å². The van der Waals surface area contributed by atoms with E-state index in [2.05, 4.69) is 11.9 Å². The van der Waals surface area contributed by atoms with E-state index < -0.39 is 4.92 Å². The number of nitro groups is 1. The number of hydrogen-bond donors (Lipinski definition) is 1. The van der Waals surface area contributed by atoms with Crippen LogP contribution in [0.25, 0.3) is 0 Å². The summed E-state index contributed by atoms with van der Waals surface area (Å²) in [5.41, 5.74) is 1.60. The Balaban J connectivity index is 2.34. The lowest BCUT2D eigenvalue weighted by Gasteiger charge is -2.04. The van der Waals surface area contributed by atoms with Crippen LogP contribution in [0.5, 0.6) is 0 Å². The van der Waals surface area contributed by atoms with Gasteiger partial charge >= 0.3 is 0 Å². The Kier molecular flexibility index (Phi) is 5.05. The van der Waals surface area contributed by atoms with Crippen LogP contribution in [0, 0.1) is 10.1 Å². The van der Waals surface area contributed by atoms with Crippen LogP contribution < -0.4 is 5.32 Å². The first-order valence-corrected chi connectivity index (χ1v) is 5.67. The Hall–Kier alpha value is -2.17. The Morgan fingerprint density at radius 2 is 2.00 bits per heavy atom. The van der Waals surface area contributed by atoms with Crippen LogP contribution in [0.1, 0.15) is 18.9 Å². The van der Waals surface area contributed by atoms with Crippen molar-refractivity contribution in [1.29, 1.82) is 0 Å². The molecule has 0 atom stereocenters. The Labute approximate surface area is 106 Å². The molecule has 0 unspecified atom stereocenters. The minimum atomic E-state index is -0.420. The fourth-order valence-electron chi connectivity index (χ4n) is 1.43. The molecule has 0 aromatic heterocycles. The van der Waals surface area contributed by atoms with E-state index >= 15 is 0 Å². The molecule has 5 heteroatoms. The van der Waals surface area contributed by atoms with Crippen LogP contribution >= 0.6 is 0 Å². The van der Waals surface area contributed by atoms with Gasteiger partial charge in [-0.25, -0.2) is 0 Å². The maximum atomic E-state index is 11.2. The smallest absolute Gasteiger partial charge is 0.269 e. The monoisotopic (exact) mass is 248 g/mol. The molecule has 0 saturated heterocycles. The number of nitrogens with one attached hydrogen (secondary N) is 1. The number of non-ortho nitro benzene ring substituents is 1. The average Bonchev–Trinajstić information content (AvgIpc) is 2.34. The predicted octanol–water partition coefficient (Wildman–Crippen LogP) is 2.22. The summed E-state index contributed by atoms with van der Waals surface area (Å²) in [4.78, 5) is 21.2. The standard InChI is InChI=1S/C13H16N2O3/c1-10(2)13(16)14-9-3-4-11-5-7-12(8-6-11)15(17)18/h5-8H,1,3-4,9H2,2H3,(H,14,16). The Bertz CT molecular complexity index is 452. The number of hydrogen-bond acceptors (Lipinski definition) is 3. The summed E-state index contributed by atoms with van der Waals surface area (Å²) in [5.74, 6) is -0.140. The summed E-state index contributed by atoms with van der Waals surface area (Å²) in [6.45, 7) is 5.77. The van der Waals surface area contributed by atoms with Crippen molar-refractivity contribution in [2.24, 2.45) is 0 Å². The number of aryl methyl sites for hydroxylation is 1. The quantitative estimate of drug-likeness (QED) is 0.363. The van der Waals surface area contributed by atoms with Crippen LogP contribution in [-0.4, -0.2) is 17.4 Å². The van der Waals surface area contributed by atoms with Crippen molar-refractivity contribution in [3.63, 3.8) is 0 Å². The van der Waals surface area contributed by atoms with Gasteiger partial charge in [0.2, 0.25) is 5.91 Å². The van der Waals surface area contributed by atoms with Crippen molar-refractivity contribution in [1.82, 2.24) is 5.32 Å². The van der Waals surface area contributed by atoms with Gasteiger partial charge in [0, 0.05) is 24.3 Å². The highest BCUT2D eigenvalue weighted by molar-refractivity contribution is 5.91. The molecule has 1 N–H and O–H groups in total. The van der Waals surface area contributed by atoms with E-state index in [-0.39, 0.29) is 11.6 Å². The van der Waals surface area contributed by atoms with E-state index in [1.54, 1.807) is 19.1 Å². The molecule has 0 aliphatic carbocycles. The summed E-state index contributed by atoms with van der Waals surface area (Å²) in [6.07, 6.45) is 1.56. The van der Waals surface area contributed by atoms with E-state index in [0.29, 0.717) is 12.1 Å². The summed E-state index contributed by atoms with van der Waals surface area (Å²) < 4.78 is 0. The molecule has 1 aromatic carbocycles. The number of benzene rings is 1. The number of carbonyl (C=O) groups is 1. The van der Waals surface area contributed by atoms with E-state index in [0.717, 1.165) is 18.4 Å². The number of nitro benzene ring substituents is 1. The van der Waals surface area contributed by atoms with Crippen LogP contribution in [0.2, 0.25) is 0 Å². The maximum Gasteiger partial charge on any atom is 0.269 e. The highest BCUT2D eigenvalue weighted by Gasteiger charge is 2.04. The first-order chi connectivity index (χ1) is 8.50. The number of carbonyl (C=O) groups excluding carboxylic acids is 1.